The van der Waals surface area contributed by atoms with Crippen LogP contribution in [0, 0.1) is 0 Å². The first-order chi connectivity index (χ1) is 10.0. The van der Waals surface area contributed by atoms with Crippen LogP contribution in [0.1, 0.15) is 32.4 Å². The van der Waals surface area contributed by atoms with E-state index < -0.39 is 5.79 Å². The second-order valence-electron chi connectivity index (χ2n) is 5.31. The van der Waals surface area contributed by atoms with E-state index in [1.165, 1.54) is 0 Å². The third-order valence-corrected chi connectivity index (χ3v) is 3.18. The van der Waals surface area contributed by atoms with Crippen LogP contribution in [0.2, 0.25) is 0 Å². The normalized spacial score (nSPS) is 22.0. The summed E-state index contributed by atoms with van der Waals surface area (Å²) in [6, 6.07) is 9.69. The molecule has 0 saturated carbocycles. The molecule has 0 unspecified atom stereocenters. The number of carbonyl (C=O) groups excluding carboxylic acids is 1. The predicted molar refractivity (Wildman–Crippen MR) is 76.7 cm³/mol. The second-order valence-corrected chi connectivity index (χ2v) is 5.31. The van der Waals surface area contributed by atoms with Gasteiger partial charge in [0.15, 0.2) is 5.79 Å². The van der Waals surface area contributed by atoms with Crippen LogP contribution in [0.25, 0.3) is 0 Å². The van der Waals surface area contributed by atoms with E-state index in [9.17, 15) is 4.79 Å². The Morgan fingerprint density at radius 1 is 1.38 bits per heavy atom. The van der Waals surface area contributed by atoms with Gasteiger partial charge >= 0.3 is 5.97 Å². The molecule has 0 aromatic heterocycles. The van der Waals surface area contributed by atoms with Gasteiger partial charge in [-0.3, -0.25) is 0 Å². The Labute approximate surface area is 125 Å². The molecule has 1 aliphatic heterocycles. The standard InChI is InChI=1S/C16H22O5/c1-4-18-14(17)11-19-15(12-8-6-5-7-9-12)13-10-20-16(2,3)21-13/h5-9,13,15H,4,10-11H2,1-3H3/t13-,15-/m1/s1. The Bertz CT molecular complexity index is 457. The number of hydrogen-bond donors (Lipinski definition) is 0. The summed E-state index contributed by atoms with van der Waals surface area (Å²) in [5.74, 6) is -1.01. The van der Waals surface area contributed by atoms with Gasteiger partial charge in [-0.2, -0.15) is 0 Å². The minimum Gasteiger partial charge on any atom is -0.464 e. The van der Waals surface area contributed by atoms with Crippen molar-refractivity contribution in [2.75, 3.05) is 19.8 Å². The lowest BCUT2D eigenvalue weighted by atomic mass is 10.0. The van der Waals surface area contributed by atoms with E-state index in [-0.39, 0.29) is 24.8 Å². The summed E-state index contributed by atoms with van der Waals surface area (Å²) in [4.78, 5) is 11.5. The summed E-state index contributed by atoms with van der Waals surface area (Å²) >= 11 is 0. The fourth-order valence-electron chi connectivity index (χ4n) is 2.29. The van der Waals surface area contributed by atoms with Crippen molar-refractivity contribution in [3.63, 3.8) is 0 Å². The van der Waals surface area contributed by atoms with Crippen molar-refractivity contribution in [3.05, 3.63) is 35.9 Å². The van der Waals surface area contributed by atoms with Crippen molar-refractivity contribution in [3.8, 4) is 0 Å². The minimum atomic E-state index is -0.634. The quantitative estimate of drug-likeness (QED) is 0.754. The van der Waals surface area contributed by atoms with E-state index in [4.69, 9.17) is 18.9 Å². The highest BCUT2D eigenvalue weighted by atomic mass is 16.7. The highest BCUT2D eigenvalue weighted by Crippen LogP contribution is 2.32. The molecular formula is C16H22O5. The van der Waals surface area contributed by atoms with Crippen LogP contribution in [-0.4, -0.2) is 37.7 Å². The van der Waals surface area contributed by atoms with E-state index in [0.29, 0.717) is 13.2 Å². The van der Waals surface area contributed by atoms with Crippen LogP contribution in [-0.2, 0) is 23.7 Å². The zero-order valence-corrected chi connectivity index (χ0v) is 12.7. The van der Waals surface area contributed by atoms with Crippen LogP contribution in [0.4, 0.5) is 0 Å². The lowest BCUT2D eigenvalue weighted by molar-refractivity contribution is -0.166. The number of hydrogen-bond acceptors (Lipinski definition) is 5. The van der Waals surface area contributed by atoms with Gasteiger partial charge in [-0.15, -0.1) is 0 Å². The van der Waals surface area contributed by atoms with Crippen molar-refractivity contribution in [2.45, 2.75) is 38.8 Å². The molecule has 1 fully saturated rings. The molecule has 0 aliphatic carbocycles. The first-order valence-corrected chi connectivity index (χ1v) is 7.16. The lowest BCUT2D eigenvalue weighted by Crippen LogP contribution is -2.28. The fraction of sp³-hybridized carbons (Fsp3) is 0.562. The Kier molecular flexibility index (Phi) is 5.33. The number of ether oxygens (including phenoxy) is 4. The largest absolute Gasteiger partial charge is 0.464 e. The summed E-state index contributed by atoms with van der Waals surface area (Å²) in [5, 5.41) is 0. The van der Waals surface area contributed by atoms with Gasteiger partial charge in [0.1, 0.15) is 18.8 Å². The molecule has 0 N–H and O–H groups in total. The molecule has 21 heavy (non-hydrogen) atoms. The van der Waals surface area contributed by atoms with Crippen molar-refractivity contribution >= 4 is 5.97 Å². The van der Waals surface area contributed by atoms with E-state index in [1.54, 1.807) is 6.92 Å². The van der Waals surface area contributed by atoms with Gasteiger partial charge in [0.05, 0.1) is 13.2 Å². The minimum absolute atomic E-state index is 0.103. The Morgan fingerprint density at radius 3 is 2.67 bits per heavy atom. The van der Waals surface area contributed by atoms with E-state index >= 15 is 0 Å². The summed E-state index contributed by atoms with van der Waals surface area (Å²) in [7, 11) is 0. The molecule has 0 spiro atoms. The van der Waals surface area contributed by atoms with Gasteiger partial charge in [0.2, 0.25) is 0 Å². The van der Waals surface area contributed by atoms with Crippen LogP contribution in [0.15, 0.2) is 30.3 Å². The lowest BCUT2D eigenvalue weighted by Gasteiger charge is -2.24. The molecule has 1 aliphatic rings. The molecule has 5 nitrogen and oxygen atoms in total. The van der Waals surface area contributed by atoms with E-state index in [0.717, 1.165) is 5.56 Å². The van der Waals surface area contributed by atoms with Crippen LogP contribution in [0.5, 0.6) is 0 Å². The van der Waals surface area contributed by atoms with E-state index in [2.05, 4.69) is 0 Å². The average Bonchev–Trinajstić information content (AvgIpc) is 2.81. The predicted octanol–water partition coefficient (Wildman–Crippen LogP) is 2.46. The average molecular weight is 294 g/mol. The van der Waals surface area contributed by atoms with Gasteiger partial charge in [-0.25, -0.2) is 4.79 Å². The van der Waals surface area contributed by atoms with Crippen molar-refractivity contribution in [1.82, 2.24) is 0 Å². The summed E-state index contributed by atoms with van der Waals surface area (Å²) < 4.78 is 22.1. The van der Waals surface area contributed by atoms with Crippen LogP contribution >= 0.6 is 0 Å². The summed E-state index contributed by atoms with van der Waals surface area (Å²) in [6.45, 7) is 6.15. The molecular weight excluding hydrogens is 272 g/mol. The molecule has 0 amide bonds. The first-order valence-electron chi connectivity index (χ1n) is 7.16. The van der Waals surface area contributed by atoms with Crippen LogP contribution < -0.4 is 0 Å². The Hall–Kier alpha value is -1.43. The summed E-state index contributed by atoms with van der Waals surface area (Å²) in [6.07, 6.45) is -0.616. The molecule has 1 aromatic carbocycles. The molecule has 1 heterocycles. The summed E-state index contributed by atoms with van der Waals surface area (Å²) in [5.41, 5.74) is 0.952. The van der Waals surface area contributed by atoms with Gasteiger partial charge in [0, 0.05) is 0 Å². The number of esters is 1. The smallest absolute Gasteiger partial charge is 0.332 e. The monoisotopic (exact) mass is 294 g/mol. The maximum Gasteiger partial charge on any atom is 0.332 e. The highest BCUT2D eigenvalue weighted by molar-refractivity contribution is 5.70. The molecule has 1 saturated heterocycles. The topological polar surface area (TPSA) is 54.0 Å². The maximum atomic E-state index is 11.5. The van der Waals surface area contributed by atoms with E-state index in [1.807, 2.05) is 44.2 Å². The van der Waals surface area contributed by atoms with Gasteiger partial charge in [0.25, 0.3) is 0 Å². The van der Waals surface area contributed by atoms with Crippen molar-refractivity contribution in [2.24, 2.45) is 0 Å². The molecule has 2 atom stereocenters. The SMILES string of the molecule is CCOC(=O)CO[C@H](c1ccccc1)[C@H]1COC(C)(C)O1. The molecule has 5 heteroatoms. The van der Waals surface area contributed by atoms with Crippen molar-refractivity contribution < 1.29 is 23.7 Å². The molecule has 0 bridgehead atoms. The highest BCUT2D eigenvalue weighted by Gasteiger charge is 2.38. The fourth-order valence-corrected chi connectivity index (χ4v) is 2.29. The van der Waals surface area contributed by atoms with Gasteiger partial charge in [-0.05, 0) is 26.3 Å². The van der Waals surface area contributed by atoms with Crippen LogP contribution in [0.3, 0.4) is 0 Å². The molecule has 0 radical (unpaired) electrons. The Balaban J connectivity index is 2.06. The zero-order valence-electron chi connectivity index (χ0n) is 12.7. The first kappa shape index (κ1) is 15.9. The van der Waals surface area contributed by atoms with Gasteiger partial charge < -0.3 is 18.9 Å². The Morgan fingerprint density at radius 2 is 2.10 bits per heavy atom. The number of carbonyl (C=O) groups is 1. The third kappa shape index (κ3) is 4.52. The van der Waals surface area contributed by atoms with Gasteiger partial charge in [-0.1, -0.05) is 30.3 Å². The third-order valence-electron chi connectivity index (χ3n) is 3.18. The number of rotatable bonds is 6. The molecule has 116 valence electrons. The zero-order chi connectivity index (χ0) is 15.3. The molecule has 1 aromatic rings. The maximum absolute atomic E-state index is 11.5. The second kappa shape index (κ2) is 7.02. The number of benzene rings is 1. The van der Waals surface area contributed by atoms with Crippen molar-refractivity contribution in [1.29, 1.82) is 0 Å². The molecule has 2 rings (SSSR count).